The summed E-state index contributed by atoms with van der Waals surface area (Å²) in [4.78, 5) is 1.11. The van der Waals surface area contributed by atoms with Crippen molar-refractivity contribution in [2.45, 2.75) is 43.7 Å². The Morgan fingerprint density at radius 1 is 1.56 bits per heavy atom. The highest BCUT2D eigenvalue weighted by atomic mass is 32.2. The predicted molar refractivity (Wildman–Crippen MR) is 64.9 cm³/mol. The fourth-order valence-corrected chi connectivity index (χ4v) is 4.82. The maximum atomic E-state index is 12.2. The highest BCUT2D eigenvalue weighted by molar-refractivity contribution is 7.89. The van der Waals surface area contributed by atoms with Crippen LogP contribution in [-0.4, -0.2) is 14.0 Å². The third-order valence-electron chi connectivity index (χ3n) is 2.82. The minimum absolute atomic E-state index is 0.237. The molecule has 0 aliphatic heterocycles. The fourth-order valence-electron chi connectivity index (χ4n) is 1.65. The predicted octanol–water partition coefficient (Wildman–Crippen LogP) is 1.35. The normalized spacial score (nSPS) is 18.7. The zero-order chi connectivity index (χ0) is 12.0. The Balaban J connectivity index is 2.38. The molecule has 1 fully saturated rings. The van der Waals surface area contributed by atoms with Crippen molar-refractivity contribution in [2.75, 3.05) is 0 Å². The first-order chi connectivity index (χ1) is 7.38. The zero-order valence-electron chi connectivity index (χ0n) is 9.41. The van der Waals surface area contributed by atoms with Crippen LogP contribution in [0.25, 0.3) is 0 Å². The largest absolute Gasteiger partial charge is 0.326 e. The third-order valence-corrected chi connectivity index (χ3v) is 5.95. The first-order valence-electron chi connectivity index (χ1n) is 5.19. The number of nitrogens with two attached hydrogens (primary N) is 1. The molecule has 16 heavy (non-hydrogen) atoms. The smallest absolute Gasteiger partial charge is 0.242 e. The molecule has 1 heterocycles. The third kappa shape index (κ3) is 2.15. The lowest BCUT2D eigenvalue weighted by atomic mass is 10.3. The second-order valence-corrected chi connectivity index (χ2v) is 7.12. The lowest BCUT2D eigenvalue weighted by molar-refractivity contribution is 0.557. The van der Waals surface area contributed by atoms with E-state index in [2.05, 4.69) is 4.72 Å². The lowest BCUT2D eigenvalue weighted by Gasteiger charge is -2.13. The van der Waals surface area contributed by atoms with E-state index in [-0.39, 0.29) is 12.1 Å². The van der Waals surface area contributed by atoms with E-state index in [9.17, 15) is 8.42 Å². The Morgan fingerprint density at radius 3 is 2.69 bits per heavy atom. The van der Waals surface area contributed by atoms with Crippen molar-refractivity contribution in [1.29, 1.82) is 0 Å². The molecule has 0 atom stereocenters. The van der Waals surface area contributed by atoms with Gasteiger partial charge in [-0.1, -0.05) is 0 Å². The van der Waals surface area contributed by atoms with Crippen molar-refractivity contribution in [1.82, 2.24) is 4.72 Å². The summed E-state index contributed by atoms with van der Waals surface area (Å²) in [5.74, 6) is 0. The van der Waals surface area contributed by atoms with Crippen LogP contribution in [0.15, 0.2) is 10.3 Å². The molecule has 0 radical (unpaired) electrons. The van der Waals surface area contributed by atoms with Crippen LogP contribution in [0.3, 0.4) is 0 Å². The van der Waals surface area contributed by atoms with Crippen LogP contribution < -0.4 is 10.5 Å². The van der Waals surface area contributed by atoms with E-state index in [1.54, 1.807) is 6.92 Å². The summed E-state index contributed by atoms with van der Waals surface area (Å²) in [7, 11) is -3.41. The number of thiophene rings is 1. The topological polar surface area (TPSA) is 72.2 Å². The van der Waals surface area contributed by atoms with Gasteiger partial charge in [0.15, 0.2) is 0 Å². The second-order valence-electron chi connectivity index (χ2n) is 4.54. The zero-order valence-corrected chi connectivity index (χ0v) is 11.0. The molecule has 2 rings (SSSR count). The summed E-state index contributed by atoms with van der Waals surface area (Å²) in [6.07, 6.45) is 1.82. The summed E-state index contributed by atoms with van der Waals surface area (Å²) in [5, 5.41) is 1.84. The van der Waals surface area contributed by atoms with E-state index in [0.29, 0.717) is 4.90 Å². The van der Waals surface area contributed by atoms with Crippen molar-refractivity contribution < 1.29 is 8.42 Å². The number of rotatable bonds is 4. The summed E-state index contributed by atoms with van der Waals surface area (Å²) < 4.78 is 27.1. The molecule has 3 N–H and O–H groups in total. The van der Waals surface area contributed by atoms with Crippen LogP contribution in [0.5, 0.6) is 0 Å². The van der Waals surface area contributed by atoms with Gasteiger partial charge in [0.25, 0.3) is 0 Å². The molecule has 90 valence electrons. The molecular formula is C10H16N2O2S2. The minimum Gasteiger partial charge on any atom is -0.326 e. The molecule has 0 aromatic carbocycles. The fraction of sp³-hybridized carbons (Fsp3) is 0.600. The van der Waals surface area contributed by atoms with Crippen LogP contribution in [0.4, 0.5) is 0 Å². The highest BCUT2D eigenvalue weighted by Crippen LogP contribution is 2.37. The lowest BCUT2D eigenvalue weighted by Crippen LogP contribution is -2.34. The van der Waals surface area contributed by atoms with E-state index < -0.39 is 10.0 Å². The Kier molecular flexibility index (Phi) is 2.86. The summed E-state index contributed by atoms with van der Waals surface area (Å²) in [6.45, 7) is 4.00. The second kappa shape index (κ2) is 3.80. The van der Waals surface area contributed by atoms with Gasteiger partial charge >= 0.3 is 0 Å². The van der Waals surface area contributed by atoms with Crippen molar-refractivity contribution in [3.8, 4) is 0 Å². The minimum atomic E-state index is -3.41. The summed E-state index contributed by atoms with van der Waals surface area (Å²) in [6, 6.07) is 0. The molecule has 0 saturated heterocycles. The van der Waals surface area contributed by atoms with E-state index in [1.807, 2.05) is 12.3 Å². The maximum Gasteiger partial charge on any atom is 0.242 e. The molecule has 0 unspecified atom stereocenters. The molecule has 0 bridgehead atoms. The Morgan fingerprint density at radius 2 is 2.19 bits per heavy atom. The molecule has 1 aliphatic carbocycles. The summed E-state index contributed by atoms with van der Waals surface area (Å²) in [5.41, 5.74) is 6.10. The van der Waals surface area contributed by atoms with Crippen molar-refractivity contribution in [3.05, 3.63) is 15.8 Å². The molecule has 1 saturated carbocycles. The van der Waals surface area contributed by atoms with Gasteiger partial charge in [-0.3, -0.25) is 0 Å². The SMILES string of the molecule is Cc1csc(CN)c1S(=O)(=O)NC1(C)CC1. The first-order valence-corrected chi connectivity index (χ1v) is 7.55. The van der Waals surface area contributed by atoms with Gasteiger partial charge < -0.3 is 5.73 Å². The van der Waals surface area contributed by atoms with Crippen molar-refractivity contribution in [3.63, 3.8) is 0 Å². The average molecular weight is 260 g/mol. The van der Waals surface area contributed by atoms with Gasteiger partial charge in [0.05, 0.1) is 0 Å². The molecule has 6 heteroatoms. The molecule has 0 spiro atoms. The number of aryl methyl sites for hydroxylation is 1. The van der Waals surface area contributed by atoms with E-state index in [1.165, 1.54) is 11.3 Å². The molecular weight excluding hydrogens is 244 g/mol. The van der Waals surface area contributed by atoms with Gasteiger partial charge in [-0.25, -0.2) is 13.1 Å². The van der Waals surface area contributed by atoms with Crippen LogP contribution in [0.1, 0.15) is 30.2 Å². The van der Waals surface area contributed by atoms with Gasteiger partial charge in [0.2, 0.25) is 10.0 Å². The molecule has 0 amide bonds. The monoisotopic (exact) mass is 260 g/mol. The highest BCUT2D eigenvalue weighted by Gasteiger charge is 2.42. The number of nitrogens with one attached hydrogen (secondary N) is 1. The average Bonchev–Trinajstić information content (AvgIpc) is 2.76. The standard InChI is InChI=1S/C10H16N2O2S2/c1-7-6-15-8(5-11)9(7)16(13,14)12-10(2)3-4-10/h6,12H,3-5,11H2,1-2H3. The molecule has 4 nitrogen and oxygen atoms in total. The van der Waals surface area contributed by atoms with Crippen LogP contribution in [0, 0.1) is 6.92 Å². The molecule has 1 aliphatic rings. The van der Waals surface area contributed by atoms with Crippen molar-refractivity contribution in [2.24, 2.45) is 5.73 Å². The van der Waals surface area contributed by atoms with E-state index >= 15 is 0 Å². The van der Waals surface area contributed by atoms with Crippen LogP contribution >= 0.6 is 11.3 Å². The van der Waals surface area contributed by atoms with Gasteiger partial charge in [-0.05, 0) is 37.6 Å². The summed E-state index contributed by atoms with van der Waals surface area (Å²) >= 11 is 1.41. The van der Waals surface area contributed by atoms with Gasteiger partial charge in [-0.15, -0.1) is 11.3 Å². The van der Waals surface area contributed by atoms with Crippen LogP contribution in [-0.2, 0) is 16.6 Å². The Hall–Kier alpha value is -0.430. The van der Waals surface area contributed by atoms with E-state index in [4.69, 9.17) is 5.73 Å². The van der Waals surface area contributed by atoms with Gasteiger partial charge in [0, 0.05) is 17.0 Å². The van der Waals surface area contributed by atoms with Crippen LogP contribution in [0.2, 0.25) is 0 Å². The van der Waals surface area contributed by atoms with Crippen molar-refractivity contribution >= 4 is 21.4 Å². The maximum absolute atomic E-state index is 12.2. The first kappa shape index (κ1) is 12.0. The number of sulfonamides is 1. The Labute approximate surface area is 99.9 Å². The number of hydrogen-bond donors (Lipinski definition) is 2. The quantitative estimate of drug-likeness (QED) is 0.858. The van der Waals surface area contributed by atoms with Gasteiger partial charge in [-0.2, -0.15) is 0 Å². The number of hydrogen-bond acceptors (Lipinski definition) is 4. The molecule has 1 aromatic rings. The Bertz CT molecular complexity index is 501. The van der Waals surface area contributed by atoms with Gasteiger partial charge in [0.1, 0.15) is 4.90 Å². The van der Waals surface area contributed by atoms with E-state index in [0.717, 1.165) is 23.3 Å². The molecule has 1 aromatic heterocycles.